The Morgan fingerprint density at radius 3 is 2.72 bits per heavy atom. The molecule has 1 aliphatic rings. The van der Waals surface area contributed by atoms with Crippen molar-refractivity contribution in [3.63, 3.8) is 0 Å². The van der Waals surface area contributed by atoms with Gasteiger partial charge in [-0.15, -0.1) is 21.5 Å². The number of hydrogen-bond acceptors (Lipinski definition) is 9. The lowest BCUT2D eigenvalue weighted by atomic mass is 10.2. The number of aromatic nitrogens is 2. The summed E-state index contributed by atoms with van der Waals surface area (Å²) in [7, 11) is -2.49. The maximum atomic E-state index is 12.9. The van der Waals surface area contributed by atoms with Gasteiger partial charge in [-0.25, -0.2) is 17.9 Å². The molecule has 11 heteroatoms. The maximum Gasteiger partial charge on any atom is 0.338 e. The number of hydrogen-bond donors (Lipinski definition) is 1. The molecule has 32 heavy (non-hydrogen) atoms. The highest BCUT2D eigenvalue weighted by Gasteiger charge is 2.28. The molecular formula is C21H23N3O6S2. The molecule has 1 aromatic carbocycles. The van der Waals surface area contributed by atoms with E-state index >= 15 is 0 Å². The van der Waals surface area contributed by atoms with E-state index < -0.39 is 22.1 Å². The Labute approximate surface area is 189 Å². The highest BCUT2D eigenvalue weighted by atomic mass is 32.2. The summed E-state index contributed by atoms with van der Waals surface area (Å²) in [4.78, 5) is 13.4. The van der Waals surface area contributed by atoms with Crippen LogP contribution in [0, 0.1) is 0 Å². The lowest BCUT2D eigenvalue weighted by Crippen LogP contribution is -2.33. The molecule has 1 aliphatic carbocycles. The molecule has 3 aromatic rings. The van der Waals surface area contributed by atoms with Gasteiger partial charge in [-0.2, -0.15) is 0 Å². The summed E-state index contributed by atoms with van der Waals surface area (Å²) in [6.07, 6.45) is 2.73. The lowest BCUT2D eigenvalue weighted by molar-refractivity contribution is 0.0279. The van der Waals surface area contributed by atoms with Crippen molar-refractivity contribution in [3.8, 4) is 16.5 Å². The van der Waals surface area contributed by atoms with Crippen LogP contribution in [-0.2, 0) is 14.8 Å². The summed E-state index contributed by atoms with van der Waals surface area (Å²) in [6.45, 7) is 1.60. The first-order valence-electron chi connectivity index (χ1n) is 10.2. The maximum absolute atomic E-state index is 12.9. The number of ether oxygens (including phenoxy) is 2. The number of rotatable bonds is 8. The summed E-state index contributed by atoms with van der Waals surface area (Å²) in [6, 6.07) is 7.74. The van der Waals surface area contributed by atoms with Gasteiger partial charge < -0.3 is 13.9 Å². The molecular weight excluding hydrogens is 454 g/mol. The number of nitrogens with one attached hydrogen (secondary N) is 1. The van der Waals surface area contributed by atoms with Crippen molar-refractivity contribution >= 4 is 27.3 Å². The van der Waals surface area contributed by atoms with Crippen LogP contribution in [0.3, 0.4) is 0 Å². The Balaban J connectivity index is 1.51. The van der Waals surface area contributed by atoms with Crippen molar-refractivity contribution in [2.24, 2.45) is 0 Å². The number of esters is 1. The molecule has 1 unspecified atom stereocenters. The van der Waals surface area contributed by atoms with Crippen LogP contribution in [0.2, 0.25) is 0 Å². The molecule has 170 valence electrons. The van der Waals surface area contributed by atoms with E-state index in [9.17, 15) is 13.2 Å². The number of methoxy groups -OCH3 is 1. The molecule has 2 heterocycles. The summed E-state index contributed by atoms with van der Waals surface area (Å²) in [5, 5.41) is 9.81. The van der Waals surface area contributed by atoms with E-state index in [1.54, 1.807) is 6.92 Å². The third kappa shape index (κ3) is 4.84. The Morgan fingerprint density at radius 1 is 1.25 bits per heavy atom. The molecule has 0 saturated heterocycles. The molecule has 0 spiro atoms. The normalized spacial score (nSPS) is 15.6. The van der Waals surface area contributed by atoms with Crippen molar-refractivity contribution in [2.45, 2.75) is 49.6 Å². The van der Waals surface area contributed by atoms with Gasteiger partial charge in [-0.05, 0) is 49.4 Å². The topological polar surface area (TPSA) is 121 Å². The number of benzene rings is 1. The molecule has 0 amide bonds. The first kappa shape index (κ1) is 22.4. The zero-order chi connectivity index (χ0) is 22.7. The number of nitrogens with zero attached hydrogens (tertiary/aromatic N) is 2. The van der Waals surface area contributed by atoms with E-state index in [0.29, 0.717) is 5.89 Å². The number of carbonyl (C=O) groups is 1. The Kier molecular flexibility index (Phi) is 6.58. The van der Waals surface area contributed by atoms with E-state index in [4.69, 9.17) is 13.9 Å². The lowest BCUT2D eigenvalue weighted by Gasteiger charge is -2.16. The van der Waals surface area contributed by atoms with Crippen molar-refractivity contribution in [3.05, 3.63) is 47.2 Å². The third-order valence-electron chi connectivity index (χ3n) is 5.17. The monoisotopic (exact) mass is 477 g/mol. The second-order valence-corrected chi connectivity index (χ2v) is 10.1. The van der Waals surface area contributed by atoms with Gasteiger partial charge in [0.2, 0.25) is 10.0 Å². The number of thiophene rings is 1. The zero-order valence-electron chi connectivity index (χ0n) is 17.6. The molecule has 1 N–H and O–H groups in total. The second-order valence-electron chi connectivity index (χ2n) is 7.44. The van der Waals surface area contributed by atoms with Crippen molar-refractivity contribution < 1.29 is 27.1 Å². The molecule has 0 radical (unpaired) electrons. The predicted octanol–water partition coefficient (Wildman–Crippen LogP) is 3.95. The van der Waals surface area contributed by atoms with Crippen LogP contribution in [0.15, 0.2) is 45.0 Å². The third-order valence-corrected chi connectivity index (χ3v) is 7.57. The van der Waals surface area contributed by atoms with Gasteiger partial charge in [-0.3, -0.25) is 0 Å². The highest BCUT2D eigenvalue weighted by Crippen LogP contribution is 2.29. The molecule has 1 atom stereocenters. The summed E-state index contributed by atoms with van der Waals surface area (Å²) < 4.78 is 44.8. The van der Waals surface area contributed by atoms with E-state index in [2.05, 4.69) is 14.9 Å². The summed E-state index contributed by atoms with van der Waals surface area (Å²) in [5.41, 5.74) is 0.0717. The van der Waals surface area contributed by atoms with Crippen LogP contribution >= 0.6 is 11.3 Å². The van der Waals surface area contributed by atoms with Crippen LogP contribution in [0.1, 0.15) is 55.0 Å². The fraction of sp³-hybridized carbons (Fsp3) is 0.381. The smallest absolute Gasteiger partial charge is 0.338 e. The fourth-order valence-corrected chi connectivity index (χ4v) is 5.66. The summed E-state index contributed by atoms with van der Waals surface area (Å²) >= 11 is 1.45. The van der Waals surface area contributed by atoms with E-state index in [0.717, 1.165) is 30.6 Å². The molecule has 1 saturated carbocycles. The molecule has 1 fully saturated rings. The van der Waals surface area contributed by atoms with Gasteiger partial charge in [0.05, 0.1) is 17.6 Å². The van der Waals surface area contributed by atoms with Gasteiger partial charge in [-0.1, -0.05) is 18.9 Å². The highest BCUT2D eigenvalue weighted by molar-refractivity contribution is 7.89. The van der Waals surface area contributed by atoms with E-state index in [-0.39, 0.29) is 28.1 Å². The van der Waals surface area contributed by atoms with Crippen molar-refractivity contribution in [1.82, 2.24) is 14.9 Å². The van der Waals surface area contributed by atoms with Crippen LogP contribution in [0.5, 0.6) is 5.75 Å². The standard InChI is InChI=1S/C21H23N3O6S2/c1-13(19-22-23-20(30-19)17-8-5-11-31-17)29-21(25)14-9-10-16(28-2)18(12-14)32(26,27)24-15-6-3-4-7-15/h5,8-13,15,24H,3-4,6-7H2,1-2H3. The number of sulfonamides is 1. The molecule has 9 nitrogen and oxygen atoms in total. The van der Waals surface area contributed by atoms with E-state index in [1.807, 2.05) is 17.5 Å². The second kappa shape index (κ2) is 9.39. The zero-order valence-corrected chi connectivity index (χ0v) is 19.2. The van der Waals surface area contributed by atoms with Crippen LogP contribution < -0.4 is 9.46 Å². The van der Waals surface area contributed by atoms with Gasteiger partial charge in [0, 0.05) is 6.04 Å². The largest absolute Gasteiger partial charge is 0.495 e. The van der Waals surface area contributed by atoms with Gasteiger partial charge in [0.15, 0.2) is 6.10 Å². The minimum Gasteiger partial charge on any atom is -0.495 e. The minimum absolute atomic E-state index is 0.0717. The average Bonchev–Trinajstić information content (AvgIpc) is 3.54. The molecule has 0 aliphatic heterocycles. The van der Waals surface area contributed by atoms with Crippen LogP contribution in [-0.4, -0.2) is 37.7 Å². The fourth-order valence-electron chi connectivity index (χ4n) is 3.52. The summed E-state index contributed by atoms with van der Waals surface area (Å²) in [5.74, 6) is -0.0781. The van der Waals surface area contributed by atoms with Gasteiger partial charge >= 0.3 is 5.97 Å². The van der Waals surface area contributed by atoms with Gasteiger partial charge in [0.1, 0.15) is 10.6 Å². The first-order chi connectivity index (χ1) is 15.4. The van der Waals surface area contributed by atoms with Crippen molar-refractivity contribution in [1.29, 1.82) is 0 Å². The van der Waals surface area contributed by atoms with Gasteiger partial charge in [0.25, 0.3) is 11.8 Å². The van der Waals surface area contributed by atoms with E-state index in [1.165, 1.54) is 36.6 Å². The minimum atomic E-state index is -3.87. The number of carbonyl (C=O) groups excluding carboxylic acids is 1. The van der Waals surface area contributed by atoms with Crippen LogP contribution in [0.4, 0.5) is 0 Å². The quantitative estimate of drug-likeness (QED) is 0.484. The SMILES string of the molecule is COc1ccc(C(=O)OC(C)c2nnc(-c3cccs3)o2)cc1S(=O)(=O)NC1CCCC1. The van der Waals surface area contributed by atoms with Crippen molar-refractivity contribution in [2.75, 3.05) is 7.11 Å². The Hall–Kier alpha value is -2.76. The first-order valence-corrected chi connectivity index (χ1v) is 12.5. The van der Waals surface area contributed by atoms with Crippen LogP contribution in [0.25, 0.3) is 10.8 Å². The molecule has 4 rings (SSSR count). The Bertz CT molecular complexity index is 1180. The molecule has 2 aromatic heterocycles. The average molecular weight is 478 g/mol. The molecule has 0 bridgehead atoms. The predicted molar refractivity (Wildman–Crippen MR) is 117 cm³/mol. The Morgan fingerprint density at radius 2 is 2.03 bits per heavy atom.